The van der Waals surface area contributed by atoms with Gasteiger partial charge in [0.25, 0.3) is 10.1 Å². The molecule has 1 unspecified atom stereocenters. The van der Waals surface area contributed by atoms with Gasteiger partial charge in [-0.05, 0) is 30.2 Å². The number of hydrogen-bond donors (Lipinski definition) is 1. The normalized spacial score (nSPS) is 24.9. The summed E-state index contributed by atoms with van der Waals surface area (Å²) < 4.78 is 57.2. The van der Waals surface area contributed by atoms with Crippen molar-refractivity contribution in [2.45, 2.75) is 42.8 Å². The van der Waals surface area contributed by atoms with Gasteiger partial charge in [-0.15, -0.1) is 0 Å². The highest BCUT2D eigenvalue weighted by molar-refractivity contribution is 7.86. The van der Waals surface area contributed by atoms with Gasteiger partial charge in [0.2, 0.25) is 0 Å². The molecular formula is C27H30O7S. The van der Waals surface area contributed by atoms with E-state index in [0.29, 0.717) is 0 Å². The number of hydrogen-bond acceptors (Lipinski definition) is 7. The fourth-order valence-corrected chi connectivity index (χ4v) is 4.77. The van der Waals surface area contributed by atoms with Crippen LogP contribution in [0.3, 0.4) is 0 Å². The smallest absolute Gasteiger partial charge is 0.297 e. The zero-order valence-corrected chi connectivity index (χ0v) is 20.3. The van der Waals surface area contributed by atoms with Crippen LogP contribution in [-0.4, -0.2) is 51.1 Å². The summed E-state index contributed by atoms with van der Waals surface area (Å²) in [6.45, 7) is 0.190. The predicted molar refractivity (Wildman–Crippen MR) is 130 cm³/mol. The van der Waals surface area contributed by atoms with E-state index in [2.05, 4.69) is 0 Å². The van der Waals surface area contributed by atoms with Gasteiger partial charge in [-0.3, -0.25) is 4.18 Å². The molecule has 0 amide bonds. The van der Waals surface area contributed by atoms with Crippen molar-refractivity contribution in [3.63, 3.8) is 0 Å². The molecule has 1 N–H and O–H groups in total. The first-order valence-corrected chi connectivity index (χ1v) is 12.7. The van der Waals surface area contributed by atoms with Crippen LogP contribution in [0, 0.1) is 6.92 Å². The third-order valence-electron chi connectivity index (χ3n) is 5.77. The van der Waals surface area contributed by atoms with E-state index >= 15 is 0 Å². The first-order valence-electron chi connectivity index (χ1n) is 11.9. The van der Waals surface area contributed by atoms with Gasteiger partial charge in [-0.1, -0.05) is 78.4 Å². The Balaban J connectivity index is 1.55. The zero-order valence-electron chi connectivity index (χ0n) is 20.4. The number of ether oxygens (including phenoxy) is 3. The van der Waals surface area contributed by atoms with Crippen molar-refractivity contribution >= 4 is 10.1 Å². The van der Waals surface area contributed by atoms with E-state index in [4.69, 9.17) is 19.8 Å². The van der Waals surface area contributed by atoms with Crippen LogP contribution < -0.4 is 0 Å². The van der Waals surface area contributed by atoms with E-state index < -0.39 is 41.1 Å². The van der Waals surface area contributed by atoms with Crippen molar-refractivity contribution in [1.29, 1.82) is 0 Å². The van der Waals surface area contributed by atoms with Crippen molar-refractivity contribution in [3.8, 4) is 0 Å². The maximum atomic E-state index is 12.9. The average Bonchev–Trinajstić information content (AvgIpc) is 3.12. The second kappa shape index (κ2) is 11.4. The molecule has 1 heterocycles. The van der Waals surface area contributed by atoms with Crippen molar-refractivity contribution in [2.24, 2.45) is 0 Å². The molecule has 1 aliphatic heterocycles. The van der Waals surface area contributed by atoms with E-state index in [1.807, 2.05) is 67.6 Å². The Morgan fingerprint density at radius 2 is 1.54 bits per heavy atom. The van der Waals surface area contributed by atoms with Crippen LogP contribution in [0.25, 0.3) is 0 Å². The Bertz CT molecular complexity index is 1210. The standard InChI is InChI=1S/C27H30O7S/c1-21-12-14-24(15-13-21)35(29,30)34-20-27(19-31-16-22-8-4-2-5-9-22)26(25(28)18-33-27)32-17-23-10-6-3-7-11-23/h2-15,25-26,28H,16-20H2,1H3/t25-,26?,27+/m1/s1/i18T/t18-,25+,26?,27-/m0. The minimum atomic E-state index is -4.14. The van der Waals surface area contributed by atoms with Crippen molar-refractivity contribution in [3.05, 3.63) is 102 Å². The minimum absolute atomic E-state index is 0.00354. The van der Waals surface area contributed by atoms with Gasteiger partial charge >= 0.3 is 0 Å². The van der Waals surface area contributed by atoms with Crippen LogP contribution in [-0.2, 0) is 41.7 Å². The molecule has 186 valence electrons. The van der Waals surface area contributed by atoms with Crippen LogP contribution >= 0.6 is 0 Å². The summed E-state index contributed by atoms with van der Waals surface area (Å²) >= 11 is 0. The SMILES string of the molecule is [3H][C@@H]1O[C@@](COCc2ccccc2)(COS(=O)(=O)c2ccc(C)cc2)C(OCc2ccccc2)[C@@H]1O. The highest BCUT2D eigenvalue weighted by atomic mass is 32.2. The van der Waals surface area contributed by atoms with Gasteiger partial charge in [0.15, 0.2) is 0 Å². The molecular weight excluding hydrogens is 468 g/mol. The summed E-state index contributed by atoms with van der Waals surface area (Å²) in [7, 11) is -4.14. The molecule has 8 heteroatoms. The van der Waals surface area contributed by atoms with Crippen LogP contribution in [0.15, 0.2) is 89.8 Å². The van der Waals surface area contributed by atoms with Crippen LogP contribution in [0.2, 0.25) is 0 Å². The predicted octanol–water partition coefficient (Wildman–Crippen LogP) is 3.63. The van der Waals surface area contributed by atoms with E-state index in [0.717, 1.165) is 16.7 Å². The molecule has 4 atom stereocenters. The molecule has 0 radical (unpaired) electrons. The van der Waals surface area contributed by atoms with Crippen molar-refractivity contribution < 1.29 is 33.3 Å². The number of benzene rings is 3. The first kappa shape index (κ1) is 24.1. The Morgan fingerprint density at radius 3 is 2.17 bits per heavy atom. The molecule has 0 spiro atoms. The second-order valence-electron chi connectivity index (χ2n) is 8.53. The van der Waals surface area contributed by atoms with Gasteiger partial charge in [-0.25, -0.2) is 0 Å². The third kappa shape index (κ3) is 6.55. The lowest BCUT2D eigenvalue weighted by Crippen LogP contribution is -2.52. The van der Waals surface area contributed by atoms with Crippen LogP contribution in [0.1, 0.15) is 18.1 Å². The Kier molecular flexibility index (Phi) is 7.88. The number of aliphatic hydroxyl groups is 1. The molecule has 35 heavy (non-hydrogen) atoms. The number of aliphatic hydroxyl groups excluding tert-OH is 1. The Hall–Kier alpha value is -2.59. The van der Waals surface area contributed by atoms with Gasteiger partial charge < -0.3 is 19.3 Å². The zero-order chi connectivity index (χ0) is 25.6. The molecule has 1 fully saturated rings. The van der Waals surface area contributed by atoms with E-state index in [1.165, 1.54) is 12.1 Å². The monoisotopic (exact) mass is 500 g/mol. The summed E-state index contributed by atoms with van der Waals surface area (Å²) in [5.74, 6) is 0. The summed E-state index contributed by atoms with van der Waals surface area (Å²) in [5.41, 5.74) is 1.13. The number of aryl methyl sites for hydroxylation is 1. The Labute approximate surface area is 207 Å². The molecule has 4 rings (SSSR count). The average molecular weight is 501 g/mol. The third-order valence-corrected chi connectivity index (χ3v) is 7.05. The lowest BCUT2D eigenvalue weighted by atomic mass is 9.97. The lowest BCUT2D eigenvalue weighted by Gasteiger charge is -2.34. The maximum Gasteiger partial charge on any atom is 0.297 e. The first-order chi connectivity index (χ1) is 17.3. The summed E-state index contributed by atoms with van der Waals surface area (Å²) in [6, 6.07) is 25.1. The molecule has 3 aromatic rings. The van der Waals surface area contributed by atoms with Gasteiger partial charge in [0.1, 0.15) is 24.4 Å². The topological polar surface area (TPSA) is 91.3 Å². The van der Waals surface area contributed by atoms with Crippen molar-refractivity contribution in [2.75, 3.05) is 19.8 Å². The number of rotatable bonds is 11. The minimum Gasteiger partial charge on any atom is -0.388 e. The van der Waals surface area contributed by atoms with Crippen LogP contribution in [0.4, 0.5) is 0 Å². The highest BCUT2D eigenvalue weighted by Gasteiger charge is 2.52. The molecule has 0 aromatic heterocycles. The maximum absolute atomic E-state index is 12.9. The summed E-state index contributed by atoms with van der Waals surface area (Å²) in [5, 5.41) is 10.8. The fourth-order valence-electron chi connectivity index (χ4n) is 3.81. The fraction of sp³-hybridized carbons (Fsp3) is 0.333. The van der Waals surface area contributed by atoms with E-state index in [-0.39, 0.29) is 24.7 Å². The largest absolute Gasteiger partial charge is 0.388 e. The van der Waals surface area contributed by atoms with E-state index in [1.54, 1.807) is 12.1 Å². The highest BCUT2D eigenvalue weighted by Crippen LogP contribution is 2.32. The molecule has 0 saturated carbocycles. The molecule has 0 bridgehead atoms. The molecule has 7 nitrogen and oxygen atoms in total. The molecule has 0 aliphatic carbocycles. The summed E-state index contributed by atoms with van der Waals surface area (Å²) in [6.07, 6.45) is -2.40. The molecule has 1 aliphatic rings. The van der Waals surface area contributed by atoms with Gasteiger partial charge in [-0.2, -0.15) is 8.42 Å². The summed E-state index contributed by atoms with van der Waals surface area (Å²) in [4.78, 5) is -0.00354. The lowest BCUT2D eigenvalue weighted by molar-refractivity contribution is -0.154. The van der Waals surface area contributed by atoms with Gasteiger partial charge in [0.05, 0.1) is 32.7 Å². The van der Waals surface area contributed by atoms with Gasteiger partial charge in [0, 0.05) is 0 Å². The van der Waals surface area contributed by atoms with E-state index in [9.17, 15) is 13.5 Å². The van der Waals surface area contributed by atoms with Crippen molar-refractivity contribution in [1.82, 2.24) is 0 Å². The quantitative estimate of drug-likeness (QED) is 0.402. The Morgan fingerprint density at radius 1 is 0.943 bits per heavy atom. The van der Waals surface area contributed by atoms with Crippen LogP contribution in [0.5, 0.6) is 0 Å². The molecule has 1 saturated heterocycles. The second-order valence-corrected chi connectivity index (χ2v) is 10.1. The molecule has 3 aromatic carbocycles.